The number of likely N-dealkylation sites (tertiary alicyclic amines) is 1. The Hall–Kier alpha value is -1.75. The van der Waals surface area contributed by atoms with E-state index in [1.807, 2.05) is 13.8 Å². The third-order valence-corrected chi connectivity index (χ3v) is 4.44. The van der Waals surface area contributed by atoms with Crippen LogP contribution < -0.4 is 10.1 Å². The third-order valence-electron chi connectivity index (χ3n) is 4.21. The van der Waals surface area contributed by atoms with Crippen LogP contribution in [0.1, 0.15) is 43.5 Å². The molecule has 1 aromatic rings. The molecule has 5 nitrogen and oxygen atoms in total. The lowest BCUT2D eigenvalue weighted by molar-refractivity contribution is -0.125. The lowest BCUT2D eigenvalue weighted by Crippen LogP contribution is -2.48. The number of hydrogen-bond acceptors (Lipinski definition) is 3. The molecule has 2 amide bonds. The summed E-state index contributed by atoms with van der Waals surface area (Å²) >= 11 is 6.01. The number of rotatable bonds is 5. The van der Waals surface area contributed by atoms with Crippen molar-refractivity contribution in [2.24, 2.45) is 0 Å². The number of hydrogen-bond donors (Lipinski definition) is 1. The van der Waals surface area contributed by atoms with Crippen LogP contribution in [0.3, 0.4) is 0 Å². The van der Waals surface area contributed by atoms with Crippen molar-refractivity contribution in [1.82, 2.24) is 10.2 Å². The molecule has 6 heteroatoms. The fourth-order valence-electron chi connectivity index (χ4n) is 2.73. The molecular weight excluding hydrogens is 316 g/mol. The van der Waals surface area contributed by atoms with Gasteiger partial charge in [-0.1, -0.05) is 18.5 Å². The van der Waals surface area contributed by atoms with Crippen LogP contribution in [0.5, 0.6) is 5.75 Å². The lowest BCUT2D eigenvalue weighted by Gasteiger charge is -2.26. The summed E-state index contributed by atoms with van der Waals surface area (Å²) < 4.78 is 5.25. The summed E-state index contributed by atoms with van der Waals surface area (Å²) in [5.41, 5.74) is 0.392. The minimum absolute atomic E-state index is 0.0915. The predicted molar refractivity (Wildman–Crippen MR) is 90.0 cm³/mol. The average molecular weight is 339 g/mol. The molecule has 1 aromatic carbocycles. The van der Waals surface area contributed by atoms with Crippen LogP contribution in [-0.2, 0) is 4.79 Å². The van der Waals surface area contributed by atoms with Crippen molar-refractivity contribution in [2.45, 2.75) is 45.2 Å². The molecule has 23 heavy (non-hydrogen) atoms. The van der Waals surface area contributed by atoms with Crippen LogP contribution >= 0.6 is 11.6 Å². The predicted octanol–water partition coefficient (Wildman–Crippen LogP) is 2.87. The minimum atomic E-state index is -0.430. The largest absolute Gasteiger partial charge is 0.496 e. The molecule has 1 aliphatic rings. The van der Waals surface area contributed by atoms with Crippen molar-refractivity contribution in [3.8, 4) is 5.75 Å². The van der Waals surface area contributed by atoms with Gasteiger partial charge in [0, 0.05) is 17.6 Å². The first-order valence-corrected chi connectivity index (χ1v) is 8.30. The number of ether oxygens (including phenoxy) is 1. The topological polar surface area (TPSA) is 58.6 Å². The number of carbonyl (C=O) groups is 2. The number of nitrogens with zero attached hydrogens (tertiary/aromatic N) is 1. The monoisotopic (exact) mass is 338 g/mol. The van der Waals surface area contributed by atoms with E-state index in [4.69, 9.17) is 16.3 Å². The molecular formula is C17H23ClN2O3. The molecule has 0 aliphatic carbocycles. The summed E-state index contributed by atoms with van der Waals surface area (Å²) in [5.74, 6) is 0.157. The number of nitrogens with one attached hydrogen (secondary N) is 1. The van der Waals surface area contributed by atoms with E-state index >= 15 is 0 Å². The van der Waals surface area contributed by atoms with Gasteiger partial charge < -0.3 is 15.0 Å². The highest BCUT2D eigenvalue weighted by atomic mass is 35.5. The molecule has 1 saturated heterocycles. The summed E-state index contributed by atoms with van der Waals surface area (Å²) in [6, 6.07) is 4.60. The van der Waals surface area contributed by atoms with Gasteiger partial charge in [0.05, 0.1) is 12.7 Å². The molecule has 2 atom stereocenters. The van der Waals surface area contributed by atoms with E-state index in [0.29, 0.717) is 29.3 Å². The van der Waals surface area contributed by atoms with Gasteiger partial charge in [-0.15, -0.1) is 0 Å². The van der Waals surface area contributed by atoms with Gasteiger partial charge in [-0.05, 0) is 44.4 Å². The Balaban J connectivity index is 2.21. The molecule has 126 valence electrons. The molecule has 1 N–H and O–H groups in total. The number of carbonyl (C=O) groups excluding carboxylic acids is 2. The summed E-state index contributed by atoms with van der Waals surface area (Å²) in [4.78, 5) is 26.9. The summed E-state index contributed by atoms with van der Waals surface area (Å²) in [7, 11) is 1.51. The quantitative estimate of drug-likeness (QED) is 0.898. The van der Waals surface area contributed by atoms with Crippen LogP contribution in [0.25, 0.3) is 0 Å². The Morgan fingerprint density at radius 2 is 2.22 bits per heavy atom. The van der Waals surface area contributed by atoms with Crippen molar-refractivity contribution in [3.05, 3.63) is 28.8 Å². The first-order chi connectivity index (χ1) is 11.0. The second-order valence-electron chi connectivity index (χ2n) is 5.82. The molecule has 0 radical (unpaired) electrons. The van der Waals surface area contributed by atoms with Crippen LogP contribution in [0.15, 0.2) is 18.2 Å². The molecule has 1 aliphatic heterocycles. The summed E-state index contributed by atoms with van der Waals surface area (Å²) in [6.45, 7) is 4.53. The van der Waals surface area contributed by atoms with Gasteiger partial charge in [0.25, 0.3) is 5.91 Å². The standard InChI is InChI=1S/C17H23ClN2O3/c1-4-11(2)19-16(21)14-6-5-9-20(14)17(22)13-10-12(18)7-8-15(13)23-3/h7-8,10-11,14H,4-6,9H2,1-3H3,(H,19,21)/t11-,14-/m1/s1. The molecule has 2 rings (SSSR count). The fourth-order valence-corrected chi connectivity index (χ4v) is 2.90. The number of methoxy groups -OCH3 is 1. The SMILES string of the molecule is CC[C@@H](C)NC(=O)[C@H]1CCCN1C(=O)c1cc(Cl)ccc1OC. The molecule has 0 aromatic heterocycles. The highest BCUT2D eigenvalue weighted by molar-refractivity contribution is 6.31. The van der Waals surface area contributed by atoms with Gasteiger partial charge in [0.1, 0.15) is 11.8 Å². The zero-order chi connectivity index (χ0) is 17.0. The van der Waals surface area contributed by atoms with E-state index in [9.17, 15) is 9.59 Å². The Kier molecular flexibility index (Phi) is 5.88. The minimum Gasteiger partial charge on any atom is -0.496 e. The van der Waals surface area contributed by atoms with Crippen molar-refractivity contribution < 1.29 is 14.3 Å². The van der Waals surface area contributed by atoms with Gasteiger partial charge >= 0.3 is 0 Å². The van der Waals surface area contributed by atoms with E-state index in [1.54, 1.807) is 23.1 Å². The van der Waals surface area contributed by atoms with Gasteiger partial charge in [-0.2, -0.15) is 0 Å². The molecule has 0 spiro atoms. The van der Waals surface area contributed by atoms with Crippen molar-refractivity contribution in [1.29, 1.82) is 0 Å². The first-order valence-electron chi connectivity index (χ1n) is 7.92. The molecule has 0 unspecified atom stereocenters. The van der Waals surface area contributed by atoms with E-state index < -0.39 is 6.04 Å². The van der Waals surface area contributed by atoms with E-state index in [-0.39, 0.29) is 17.9 Å². The normalized spacial score (nSPS) is 18.6. The van der Waals surface area contributed by atoms with Crippen LogP contribution in [0.2, 0.25) is 5.02 Å². The van der Waals surface area contributed by atoms with Crippen LogP contribution in [0, 0.1) is 0 Å². The Morgan fingerprint density at radius 1 is 1.48 bits per heavy atom. The molecule has 0 bridgehead atoms. The Bertz CT molecular complexity index is 591. The van der Waals surface area contributed by atoms with Gasteiger partial charge in [0.2, 0.25) is 5.91 Å². The highest BCUT2D eigenvalue weighted by Gasteiger charge is 2.35. The molecule has 0 saturated carbocycles. The van der Waals surface area contributed by atoms with Gasteiger partial charge in [0.15, 0.2) is 0 Å². The summed E-state index contributed by atoms with van der Waals surface area (Å²) in [5, 5.41) is 3.42. The van der Waals surface area contributed by atoms with Gasteiger partial charge in [-0.3, -0.25) is 9.59 Å². The van der Waals surface area contributed by atoms with Crippen LogP contribution in [-0.4, -0.2) is 42.5 Å². The molecule has 1 heterocycles. The van der Waals surface area contributed by atoms with Crippen molar-refractivity contribution in [3.63, 3.8) is 0 Å². The van der Waals surface area contributed by atoms with Crippen molar-refractivity contribution >= 4 is 23.4 Å². The fraction of sp³-hybridized carbons (Fsp3) is 0.529. The Morgan fingerprint density at radius 3 is 2.87 bits per heavy atom. The van der Waals surface area contributed by atoms with E-state index in [2.05, 4.69) is 5.32 Å². The van der Waals surface area contributed by atoms with E-state index in [0.717, 1.165) is 12.8 Å². The maximum Gasteiger partial charge on any atom is 0.258 e. The van der Waals surface area contributed by atoms with E-state index in [1.165, 1.54) is 7.11 Å². The number of halogens is 1. The smallest absolute Gasteiger partial charge is 0.258 e. The maximum absolute atomic E-state index is 12.9. The zero-order valence-corrected chi connectivity index (χ0v) is 14.5. The first kappa shape index (κ1) is 17.6. The maximum atomic E-state index is 12.9. The average Bonchev–Trinajstić information content (AvgIpc) is 3.03. The second kappa shape index (κ2) is 7.68. The van der Waals surface area contributed by atoms with Gasteiger partial charge in [-0.25, -0.2) is 0 Å². The zero-order valence-electron chi connectivity index (χ0n) is 13.8. The lowest BCUT2D eigenvalue weighted by atomic mass is 10.1. The third kappa shape index (κ3) is 3.96. The number of benzene rings is 1. The highest BCUT2D eigenvalue weighted by Crippen LogP contribution is 2.27. The summed E-state index contributed by atoms with van der Waals surface area (Å²) in [6.07, 6.45) is 2.35. The Labute approximate surface area is 141 Å². The number of amides is 2. The van der Waals surface area contributed by atoms with Crippen molar-refractivity contribution in [2.75, 3.05) is 13.7 Å². The molecule has 1 fully saturated rings. The van der Waals surface area contributed by atoms with Crippen LogP contribution in [0.4, 0.5) is 0 Å². The second-order valence-corrected chi connectivity index (χ2v) is 6.26.